The van der Waals surface area contributed by atoms with Crippen molar-refractivity contribution in [3.05, 3.63) is 42.5 Å². The summed E-state index contributed by atoms with van der Waals surface area (Å²) in [7, 11) is 0. The van der Waals surface area contributed by atoms with E-state index in [4.69, 9.17) is 9.84 Å². The molecule has 0 fully saturated rings. The molecule has 0 spiro atoms. The van der Waals surface area contributed by atoms with E-state index in [2.05, 4.69) is 9.97 Å². The summed E-state index contributed by atoms with van der Waals surface area (Å²) in [5.41, 5.74) is 0.567. The minimum Gasteiger partial charge on any atom is -0.490 e. The van der Waals surface area contributed by atoms with E-state index >= 15 is 0 Å². The smallest absolute Gasteiger partial charge is 0.306 e. The van der Waals surface area contributed by atoms with Gasteiger partial charge in [-0.15, -0.1) is 0 Å². The highest BCUT2D eigenvalue weighted by Crippen LogP contribution is 2.17. The fraction of sp³-hybridized carbons (Fsp3) is 0.154. The van der Waals surface area contributed by atoms with Gasteiger partial charge in [0.25, 0.3) is 0 Å². The fourth-order valence-electron chi connectivity index (χ4n) is 1.42. The minimum absolute atomic E-state index is 0.0536. The third kappa shape index (κ3) is 3.74. The van der Waals surface area contributed by atoms with E-state index in [1.807, 2.05) is 0 Å². The van der Waals surface area contributed by atoms with Gasteiger partial charge < -0.3 is 9.84 Å². The molecule has 98 valence electrons. The zero-order valence-electron chi connectivity index (χ0n) is 9.91. The zero-order valence-corrected chi connectivity index (χ0v) is 9.91. The third-order valence-electron chi connectivity index (χ3n) is 2.30. The molecule has 0 atom stereocenters. The first-order valence-electron chi connectivity index (χ1n) is 5.58. The summed E-state index contributed by atoms with van der Waals surface area (Å²) in [5, 5.41) is 8.46. The van der Waals surface area contributed by atoms with Gasteiger partial charge in [-0.3, -0.25) is 4.79 Å². The number of aromatic nitrogens is 2. The van der Waals surface area contributed by atoms with Crippen LogP contribution in [-0.4, -0.2) is 27.7 Å². The monoisotopic (exact) mass is 262 g/mol. The summed E-state index contributed by atoms with van der Waals surface area (Å²) in [5.74, 6) is -0.535. The van der Waals surface area contributed by atoms with Crippen molar-refractivity contribution >= 4 is 5.97 Å². The standard InChI is InChI=1S/C13H11FN2O3/c14-10-3-1-2-9(6-10)13-15-7-11(8-16-13)19-5-4-12(17)18/h1-3,6-8H,4-5H2,(H,17,18). The predicted octanol–water partition coefficient (Wildman–Crippen LogP) is 2.14. The molecular formula is C13H11FN2O3. The lowest BCUT2D eigenvalue weighted by atomic mass is 10.2. The van der Waals surface area contributed by atoms with Crippen molar-refractivity contribution in [2.75, 3.05) is 6.61 Å². The second kappa shape index (κ2) is 5.90. The Morgan fingerprint density at radius 1 is 1.32 bits per heavy atom. The lowest BCUT2D eigenvalue weighted by Gasteiger charge is -2.04. The molecule has 5 nitrogen and oxygen atoms in total. The minimum atomic E-state index is -0.933. The van der Waals surface area contributed by atoms with Gasteiger partial charge in [-0.2, -0.15) is 0 Å². The lowest BCUT2D eigenvalue weighted by Crippen LogP contribution is -2.05. The number of nitrogens with zero attached hydrogens (tertiary/aromatic N) is 2. The molecule has 1 N–H and O–H groups in total. The van der Waals surface area contributed by atoms with E-state index in [0.29, 0.717) is 17.1 Å². The first-order chi connectivity index (χ1) is 9.15. The van der Waals surface area contributed by atoms with Crippen LogP contribution in [0.5, 0.6) is 5.75 Å². The molecule has 0 saturated carbocycles. The van der Waals surface area contributed by atoms with Gasteiger partial charge in [-0.1, -0.05) is 12.1 Å². The van der Waals surface area contributed by atoms with E-state index in [1.165, 1.54) is 24.5 Å². The number of halogens is 1. The van der Waals surface area contributed by atoms with Gasteiger partial charge in [-0.25, -0.2) is 14.4 Å². The topological polar surface area (TPSA) is 72.3 Å². The molecule has 0 aliphatic carbocycles. The number of hydrogen-bond donors (Lipinski definition) is 1. The predicted molar refractivity (Wildman–Crippen MR) is 65.2 cm³/mol. The normalized spacial score (nSPS) is 10.2. The summed E-state index contributed by atoms with van der Waals surface area (Å²) >= 11 is 0. The first kappa shape index (κ1) is 12.9. The number of carboxylic acids is 1. The first-order valence-corrected chi connectivity index (χ1v) is 5.58. The van der Waals surface area contributed by atoms with Crippen LogP contribution >= 0.6 is 0 Å². The SMILES string of the molecule is O=C(O)CCOc1cnc(-c2cccc(F)c2)nc1. The number of carbonyl (C=O) groups is 1. The highest BCUT2D eigenvalue weighted by Gasteiger charge is 2.04. The molecule has 2 rings (SSSR count). The summed E-state index contributed by atoms with van der Waals surface area (Å²) in [6.07, 6.45) is 2.76. The Bertz CT molecular complexity index is 572. The molecule has 19 heavy (non-hydrogen) atoms. The highest BCUT2D eigenvalue weighted by molar-refractivity contribution is 5.66. The lowest BCUT2D eigenvalue weighted by molar-refractivity contribution is -0.137. The molecule has 1 aromatic carbocycles. The molecule has 1 aromatic heterocycles. The molecule has 6 heteroatoms. The van der Waals surface area contributed by atoms with Gasteiger partial charge in [0.1, 0.15) is 5.82 Å². The van der Waals surface area contributed by atoms with Crippen LogP contribution < -0.4 is 4.74 Å². The highest BCUT2D eigenvalue weighted by atomic mass is 19.1. The van der Waals surface area contributed by atoms with Crippen molar-refractivity contribution < 1.29 is 19.0 Å². The Balaban J connectivity index is 2.04. The third-order valence-corrected chi connectivity index (χ3v) is 2.30. The molecular weight excluding hydrogens is 251 g/mol. The molecule has 0 saturated heterocycles. The van der Waals surface area contributed by atoms with Gasteiger partial charge in [-0.05, 0) is 12.1 Å². The van der Waals surface area contributed by atoms with E-state index in [1.54, 1.807) is 12.1 Å². The number of rotatable bonds is 5. The second-order valence-corrected chi connectivity index (χ2v) is 3.74. The second-order valence-electron chi connectivity index (χ2n) is 3.74. The Labute approximate surface area is 108 Å². The summed E-state index contributed by atoms with van der Waals surface area (Å²) in [6, 6.07) is 5.95. The maximum absolute atomic E-state index is 13.0. The van der Waals surface area contributed by atoms with Crippen LogP contribution in [0.2, 0.25) is 0 Å². The van der Waals surface area contributed by atoms with Crippen LogP contribution in [0.25, 0.3) is 11.4 Å². The molecule has 0 amide bonds. The fourth-order valence-corrected chi connectivity index (χ4v) is 1.42. The Hall–Kier alpha value is -2.50. The van der Waals surface area contributed by atoms with E-state index in [-0.39, 0.29) is 18.8 Å². The van der Waals surface area contributed by atoms with Gasteiger partial charge in [0.15, 0.2) is 11.6 Å². The van der Waals surface area contributed by atoms with Gasteiger partial charge in [0.05, 0.1) is 25.4 Å². The Morgan fingerprint density at radius 2 is 2.05 bits per heavy atom. The van der Waals surface area contributed by atoms with Crippen LogP contribution in [0.15, 0.2) is 36.7 Å². The summed E-state index contributed by atoms with van der Waals surface area (Å²) in [4.78, 5) is 18.4. The molecule has 0 aliphatic rings. The van der Waals surface area contributed by atoms with Crippen molar-refractivity contribution in [2.24, 2.45) is 0 Å². The van der Waals surface area contributed by atoms with Crippen molar-refractivity contribution in [3.8, 4) is 17.1 Å². The molecule has 2 aromatic rings. The Morgan fingerprint density at radius 3 is 2.68 bits per heavy atom. The Kier molecular flexibility index (Phi) is 4.02. The van der Waals surface area contributed by atoms with Crippen molar-refractivity contribution in [3.63, 3.8) is 0 Å². The quantitative estimate of drug-likeness (QED) is 0.893. The van der Waals surface area contributed by atoms with Gasteiger partial charge in [0, 0.05) is 5.56 Å². The van der Waals surface area contributed by atoms with Crippen LogP contribution in [0, 0.1) is 5.82 Å². The largest absolute Gasteiger partial charge is 0.490 e. The number of aliphatic carboxylic acids is 1. The van der Waals surface area contributed by atoms with E-state index in [9.17, 15) is 9.18 Å². The van der Waals surface area contributed by atoms with Crippen molar-refractivity contribution in [1.82, 2.24) is 9.97 Å². The molecule has 0 aliphatic heterocycles. The average Bonchev–Trinajstić information content (AvgIpc) is 2.39. The van der Waals surface area contributed by atoms with E-state index in [0.717, 1.165) is 0 Å². The van der Waals surface area contributed by atoms with Crippen LogP contribution in [0.3, 0.4) is 0 Å². The van der Waals surface area contributed by atoms with Gasteiger partial charge in [0.2, 0.25) is 0 Å². The van der Waals surface area contributed by atoms with Crippen molar-refractivity contribution in [1.29, 1.82) is 0 Å². The average molecular weight is 262 g/mol. The molecule has 0 unspecified atom stereocenters. The molecule has 0 bridgehead atoms. The van der Waals surface area contributed by atoms with Gasteiger partial charge >= 0.3 is 5.97 Å². The van der Waals surface area contributed by atoms with Crippen molar-refractivity contribution in [2.45, 2.75) is 6.42 Å². The molecule has 1 heterocycles. The molecule has 0 radical (unpaired) electrons. The van der Waals surface area contributed by atoms with Crippen LogP contribution in [0.4, 0.5) is 4.39 Å². The maximum atomic E-state index is 13.0. The van der Waals surface area contributed by atoms with Crippen LogP contribution in [0.1, 0.15) is 6.42 Å². The zero-order chi connectivity index (χ0) is 13.7. The van der Waals surface area contributed by atoms with E-state index < -0.39 is 5.97 Å². The number of benzene rings is 1. The van der Waals surface area contributed by atoms with Crippen LogP contribution in [-0.2, 0) is 4.79 Å². The number of carboxylic acid groups (broad SMARTS) is 1. The number of hydrogen-bond acceptors (Lipinski definition) is 4. The number of ether oxygens (including phenoxy) is 1. The maximum Gasteiger partial charge on any atom is 0.306 e. The summed E-state index contributed by atoms with van der Waals surface area (Å²) in [6.45, 7) is 0.0536. The summed E-state index contributed by atoms with van der Waals surface area (Å²) < 4.78 is 18.2.